The summed E-state index contributed by atoms with van der Waals surface area (Å²) >= 11 is 0. The van der Waals surface area contributed by atoms with Gasteiger partial charge in [0.25, 0.3) is 0 Å². The van der Waals surface area contributed by atoms with E-state index < -0.39 is 5.63 Å². The zero-order valence-electron chi connectivity index (χ0n) is 16.5. The van der Waals surface area contributed by atoms with Crippen LogP contribution >= 0.6 is 0 Å². The highest BCUT2D eigenvalue weighted by atomic mass is 16.5. The first-order chi connectivity index (χ1) is 14.0. The number of carbonyl (C=O) groups excluding carboxylic acids is 1. The van der Waals surface area contributed by atoms with E-state index in [1.807, 2.05) is 24.3 Å². The van der Waals surface area contributed by atoms with Gasteiger partial charge in [-0.1, -0.05) is 30.3 Å². The highest BCUT2D eigenvalue weighted by Gasteiger charge is 2.32. The topological polar surface area (TPSA) is 69.0 Å². The van der Waals surface area contributed by atoms with Crippen molar-refractivity contribution in [2.75, 3.05) is 20.2 Å². The van der Waals surface area contributed by atoms with Gasteiger partial charge >= 0.3 is 5.63 Å². The van der Waals surface area contributed by atoms with Gasteiger partial charge in [0, 0.05) is 18.1 Å². The summed E-state index contributed by atoms with van der Waals surface area (Å²) in [5, 5.41) is 2.25. The average Bonchev–Trinajstić information content (AvgIpc) is 2.67. The monoisotopic (exact) mass is 393 g/mol. The lowest BCUT2D eigenvalue weighted by molar-refractivity contribution is -0.139. The maximum atomic E-state index is 12.6. The molecule has 1 fully saturated rings. The highest BCUT2D eigenvalue weighted by molar-refractivity contribution is 5.88. The Morgan fingerprint density at radius 2 is 1.97 bits per heavy atom. The lowest BCUT2D eigenvalue weighted by atomic mass is 9.99. The molecule has 1 aliphatic heterocycles. The number of rotatable bonds is 6. The van der Waals surface area contributed by atoms with Crippen molar-refractivity contribution in [3.05, 3.63) is 70.3 Å². The van der Waals surface area contributed by atoms with Crippen LogP contribution in [0.25, 0.3) is 10.8 Å². The van der Waals surface area contributed by atoms with Gasteiger partial charge in [0.1, 0.15) is 23.4 Å². The Morgan fingerprint density at radius 3 is 2.72 bits per heavy atom. The molecule has 0 N–H and O–H groups in total. The van der Waals surface area contributed by atoms with Crippen molar-refractivity contribution < 1.29 is 18.7 Å². The van der Waals surface area contributed by atoms with Gasteiger partial charge in [-0.25, -0.2) is 4.79 Å². The van der Waals surface area contributed by atoms with E-state index in [2.05, 4.69) is 12.1 Å². The molecule has 1 aliphatic rings. The van der Waals surface area contributed by atoms with Crippen LogP contribution in [0.15, 0.2) is 57.7 Å². The van der Waals surface area contributed by atoms with Gasteiger partial charge in [-0.15, -0.1) is 0 Å². The number of carbonyl (C=O) groups is 1. The van der Waals surface area contributed by atoms with Crippen LogP contribution in [0.4, 0.5) is 0 Å². The Bertz CT molecular complexity index is 1100. The van der Waals surface area contributed by atoms with Crippen molar-refractivity contribution in [2.45, 2.75) is 25.9 Å². The molecule has 0 bridgehead atoms. The molecule has 3 aromatic rings. The Morgan fingerprint density at radius 1 is 1.17 bits per heavy atom. The van der Waals surface area contributed by atoms with Crippen molar-refractivity contribution >= 4 is 16.7 Å². The van der Waals surface area contributed by atoms with Gasteiger partial charge < -0.3 is 18.8 Å². The van der Waals surface area contributed by atoms with E-state index in [0.29, 0.717) is 37.4 Å². The zero-order valence-corrected chi connectivity index (χ0v) is 16.5. The van der Waals surface area contributed by atoms with Crippen molar-refractivity contribution in [3.63, 3.8) is 0 Å². The lowest BCUT2D eigenvalue weighted by Gasteiger charge is -2.39. The first-order valence-corrected chi connectivity index (χ1v) is 9.64. The molecule has 6 nitrogen and oxygen atoms in total. The van der Waals surface area contributed by atoms with Crippen molar-refractivity contribution in [1.82, 2.24) is 4.90 Å². The normalized spacial score (nSPS) is 13.9. The van der Waals surface area contributed by atoms with Crippen LogP contribution in [-0.4, -0.2) is 37.1 Å². The first kappa shape index (κ1) is 19.1. The standard InChI is InChI=1S/C23H23NO5/c1-15-11-17(12-23(26)28-15)29-18-13-24(14-18)22(25)10-8-20-19-6-4-3-5-16(19)7-9-21(20)27-2/h3-7,9,11-12,18H,8,10,13-14H2,1-2H3. The van der Waals surface area contributed by atoms with Gasteiger partial charge in [0.2, 0.25) is 5.91 Å². The molecule has 1 amide bonds. The molecule has 2 heterocycles. The van der Waals surface area contributed by atoms with Crippen LogP contribution < -0.4 is 15.1 Å². The van der Waals surface area contributed by atoms with Gasteiger partial charge in [-0.3, -0.25) is 4.79 Å². The fourth-order valence-corrected chi connectivity index (χ4v) is 3.71. The molecule has 1 aromatic heterocycles. The predicted molar refractivity (Wildman–Crippen MR) is 110 cm³/mol. The third kappa shape index (κ3) is 4.11. The van der Waals surface area contributed by atoms with E-state index in [1.54, 1.807) is 25.0 Å². The fraction of sp³-hybridized carbons (Fsp3) is 0.304. The molecule has 0 radical (unpaired) electrons. The van der Waals surface area contributed by atoms with Gasteiger partial charge in [0.15, 0.2) is 0 Å². The Kier molecular flexibility index (Phi) is 5.25. The second-order valence-corrected chi connectivity index (χ2v) is 7.23. The summed E-state index contributed by atoms with van der Waals surface area (Å²) in [6.07, 6.45) is 0.919. The summed E-state index contributed by atoms with van der Waals surface area (Å²) in [4.78, 5) is 25.8. The van der Waals surface area contributed by atoms with Crippen molar-refractivity contribution in [2.24, 2.45) is 0 Å². The summed E-state index contributed by atoms with van der Waals surface area (Å²) in [5.41, 5.74) is 0.620. The SMILES string of the molecule is COc1ccc2ccccc2c1CCC(=O)N1CC(Oc2cc(C)oc(=O)c2)C1. The van der Waals surface area contributed by atoms with E-state index in [-0.39, 0.29) is 12.0 Å². The van der Waals surface area contributed by atoms with E-state index in [9.17, 15) is 9.59 Å². The summed E-state index contributed by atoms with van der Waals surface area (Å²) in [6, 6.07) is 15.1. The minimum absolute atomic E-state index is 0.0867. The van der Waals surface area contributed by atoms with Crippen LogP contribution in [0.1, 0.15) is 17.7 Å². The van der Waals surface area contributed by atoms with Crippen LogP contribution in [0.3, 0.4) is 0 Å². The summed E-state index contributed by atoms with van der Waals surface area (Å²) in [5.74, 6) is 1.88. The van der Waals surface area contributed by atoms with Gasteiger partial charge in [-0.05, 0) is 30.2 Å². The van der Waals surface area contributed by atoms with E-state index in [0.717, 1.165) is 22.1 Å². The predicted octanol–water partition coefficient (Wildman–Crippen LogP) is 3.33. The number of likely N-dealkylation sites (tertiary alicyclic amines) is 1. The minimum atomic E-state index is -0.434. The van der Waals surface area contributed by atoms with E-state index in [1.165, 1.54) is 6.07 Å². The number of nitrogens with zero attached hydrogens (tertiary/aromatic N) is 1. The molecule has 0 saturated carbocycles. The smallest absolute Gasteiger partial charge is 0.339 e. The van der Waals surface area contributed by atoms with E-state index >= 15 is 0 Å². The average molecular weight is 393 g/mol. The molecule has 29 heavy (non-hydrogen) atoms. The first-order valence-electron chi connectivity index (χ1n) is 9.64. The summed E-state index contributed by atoms with van der Waals surface area (Å²) < 4.78 is 16.2. The Balaban J connectivity index is 1.36. The third-order valence-electron chi connectivity index (χ3n) is 5.18. The fourth-order valence-electron chi connectivity index (χ4n) is 3.71. The van der Waals surface area contributed by atoms with E-state index in [4.69, 9.17) is 13.9 Å². The summed E-state index contributed by atoms with van der Waals surface area (Å²) in [6.45, 7) is 2.74. The molecule has 1 saturated heterocycles. The molecular formula is C23H23NO5. The summed E-state index contributed by atoms with van der Waals surface area (Å²) in [7, 11) is 1.65. The molecule has 2 aromatic carbocycles. The number of hydrogen-bond acceptors (Lipinski definition) is 5. The highest BCUT2D eigenvalue weighted by Crippen LogP contribution is 2.29. The largest absolute Gasteiger partial charge is 0.496 e. The minimum Gasteiger partial charge on any atom is -0.496 e. The number of ether oxygens (including phenoxy) is 2. The lowest BCUT2D eigenvalue weighted by Crippen LogP contribution is -2.56. The number of hydrogen-bond donors (Lipinski definition) is 0. The number of amides is 1. The van der Waals surface area contributed by atoms with Crippen LogP contribution in [-0.2, 0) is 11.2 Å². The quantitative estimate of drug-likeness (QED) is 0.643. The Labute approximate surface area is 168 Å². The molecule has 0 spiro atoms. The molecule has 4 rings (SSSR count). The number of fused-ring (bicyclic) bond motifs is 1. The Hall–Kier alpha value is -3.28. The maximum absolute atomic E-state index is 12.6. The zero-order chi connectivity index (χ0) is 20.4. The number of aryl methyl sites for hydroxylation is 2. The number of methoxy groups -OCH3 is 1. The molecule has 6 heteroatoms. The maximum Gasteiger partial charge on any atom is 0.339 e. The number of benzene rings is 2. The second kappa shape index (κ2) is 7.99. The molecule has 0 unspecified atom stereocenters. The molecule has 0 atom stereocenters. The van der Waals surface area contributed by atoms with Crippen molar-refractivity contribution in [1.29, 1.82) is 0 Å². The molecule has 0 aliphatic carbocycles. The van der Waals surface area contributed by atoms with Crippen molar-refractivity contribution in [3.8, 4) is 11.5 Å². The molecule has 150 valence electrons. The van der Waals surface area contributed by atoms with Crippen LogP contribution in [0, 0.1) is 6.92 Å². The van der Waals surface area contributed by atoms with Crippen LogP contribution in [0.2, 0.25) is 0 Å². The third-order valence-corrected chi connectivity index (χ3v) is 5.18. The molecular weight excluding hydrogens is 370 g/mol. The van der Waals surface area contributed by atoms with Gasteiger partial charge in [-0.2, -0.15) is 0 Å². The second-order valence-electron chi connectivity index (χ2n) is 7.23. The van der Waals surface area contributed by atoms with Gasteiger partial charge in [0.05, 0.1) is 26.3 Å². The van der Waals surface area contributed by atoms with Crippen LogP contribution in [0.5, 0.6) is 11.5 Å².